The number of rotatable bonds is 5. The lowest BCUT2D eigenvalue weighted by Crippen LogP contribution is -2.27. The maximum absolute atomic E-state index is 12.1. The van der Waals surface area contributed by atoms with Gasteiger partial charge in [0.2, 0.25) is 5.91 Å². The number of nitrogens with zero attached hydrogens (tertiary/aromatic N) is 1. The summed E-state index contributed by atoms with van der Waals surface area (Å²) in [5, 5.41) is 12.0. The fraction of sp³-hybridized carbons (Fsp3) is 0.353. The van der Waals surface area contributed by atoms with Crippen molar-refractivity contribution in [2.45, 2.75) is 39.2 Å². The largest absolute Gasteiger partial charge is 0.444 e. The van der Waals surface area contributed by atoms with Crippen LogP contribution in [0.15, 0.2) is 36.7 Å². The minimum atomic E-state index is -0.590. The van der Waals surface area contributed by atoms with Crippen LogP contribution in [0.3, 0.4) is 0 Å². The Hall–Kier alpha value is -2.83. The smallest absolute Gasteiger partial charge is 0.412 e. The minimum Gasteiger partial charge on any atom is -0.444 e. The van der Waals surface area contributed by atoms with Crippen molar-refractivity contribution in [2.75, 3.05) is 10.6 Å². The van der Waals surface area contributed by atoms with Crippen molar-refractivity contribution in [3.05, 3.63) is 42.2 Å². The molecule has 3 N–H and O–H groups in total. The lowest BCUT2D eigenvalue weighted by Gasteiger charge is -2.20. The van der Waals surface area contributed by atoms with Crippen molar-refractivity contribution in [3.63, 3.8) is 0 Å². The third-order valence-corrected chi connectivity index (χ3v) is 3.03. The number of aromatic nitrogens is 2. The molecule has 0 saturated heterocycles. The number of carbonyl (C=O) groups is 2. The van der Waals surface area contributed by atoms with Gasteiger partial charge in [-0.05, 0) is 44.9 Å². The molecule has 0 spiro atoms. The summed E-state index contributed by atoms with van der Waals surface area (Å²) in [5.74, 6) is -0.144. The molecular formula is C17H22N4O3. The minimum absolute atomic E-state index is 0.144. The maximum Gasteiger partial charge on any atom is 0.412 e. The summed E-state index contributed by atoms with van der Waals surface area (Å²) in [6.07, 6.45) is 3.78. The number of H-pyrrole nitrogens is 1. The highest BCUT2D eigenvalue weighted by atomic mass is 16.6. The number of benzene rings is 1. The first-order valence-corrected chi connectivity index (χ1v) is 7.70. The van der Waals surface area contributed by atoms with Gasteiger partial charge in [-0.2, -0.15) is 5.10 Å². The van der Waals surface area contributed by atoms with Crippen LogP contribution in [0.5, 0.6) is 0 Å². The van der Waals surface area contributed by atoms with E-state index in [9.17, 15) is 9.59 Å². The van der Waals surface area contributed by atoms with Gasteiger partial charge in [-0.15, -0.1) is 0 Å². The van der Waals surface area contributed by atoms with E-state index in [0.717, 1.165) is 5.56 Å². The van der Waals surface area contributed by atoms with Crippen LogP contribution >= 0.6 is 0 Å². The number of aromatic amines is 1. The Balaban J connectivity index is 1.95. The summed E-state index contributed by atoms with van der Waals surface area (Å²) in [4.78, 5) is 24.0. The Morgan fingerprint density at radius 2 is 1.83 bits per heavy atom. The summed E-state index contributed by atoms with van der Waals surface area (Å²) in [5.41, 5.74) is 1.39. The second kappa shape index (κ2) is 7.63. The molecule has 0 bridgehead atoms. The molecule has 0 fully saturated rings. The Morgan fingerprint density at radius 3 is 2.42 bits per heavy atom. The Bertz CT molecular complexity index is 690. The first kappa shape index (κ1) is 17.5. The van der Waals surface area contributed by atoms with Crippen molar-refractivity contribution in [1.82, 2.24) is 10.2 Å². The molecule has 7 nitrogen and oxygen atoms in total. The van der Waals surface area contributed by atoms with Crippen LogP contribution < -0.4 is 10.6 Å². The highest BCUT2D eigenvalue weighted by Crippen LogP contribution is 2.22. The number of ether oxygens (including phenoxy) is 1. The zero-order chi connectivity index (χ0) is 17.6. The molecule has 128 valence electrons. The van der Waals surface area contributed by atoms with E-state index in [-0.39, 0.29) is 5.91 Å². The van der Waals surface area contributed by atoms with Gasteiger partial charge >= 0.3 is 6.09 Å². The molecule has 24 heavy (non-hydrogen) atoms. The van der Waals surface area contributed by atoms with E-state index >= 15 is 0 Å². The Labute approximate surface area is 140 Å². The third kappa shape index (κ3) is 5.75. The second-order valence-corrected chi connectivity index (χ2v) is 6.33. The highest BCUT2D eigenvalue weighted by molar-refractivity contribution is 5.97. The van der Waals surface area contributed by atoms with E-state index in [4.69, 9.17) is 4.74 Å². The molecule has 0 aliphatic carbocycles. The molecule has 2 rings (SSSR count). The number of aryl methyl sites for hydroxylation is 1. The molecule has 0 atom stereocenters. The number of nitrogens with one attached hydrogen (secondary N) is 3. The summed E-state index contributed by atoms with van der Waals surface area (Å²) < 4.78 is 5.22. The van der Waals surface area contributed by atoms with Crippen LogP contribution in [0, 0.1) is 0 Å². The quantitative estimate of drug-likeness (QED) is 0.783. The predicted octanol–water partition coefficient (Wildman–Crippen LogP) is 3.33. The van der Waals surface area contributed by atoms with Crippen LogP contribution in [0.4, 0.5) is 16.2 Å². The Kier molecular flexibility index (Phi) is 5.57. The number of carbonyl (C=O) groups excluding carboxylic acids is 2. The molecule has 0 saturated carbocycles. The van der Waals surface area contributed by atoms with Crippen molar-refractivity contribution < 1.29 is 14.3 Å². The van der Waals surface area contributed by atoms with Crippen molar-refractivity contribution in [1.29, 1.82) is 0 Å². The normalized spacial score (nSPS) is 11.0. The number of anilines is 2. The number of hydrogen-bond acceptors (Lipinski definition) is 4. The predicted molar refractivity (Wildman–Crippen MR) is 91.8 cm³/mol. The molecule has 0 radical (unpaired) electrons. The van der Waals surface area contributed by atoms with E-state index in [2.05, 4.69) is 20.8 Å². The SMILES string of the molecule is CC(C)(C)OC(=O)Nc1ccccc1NC(=O)CCc1cn[nH]c1. The molecule has 2 aromatic rings. The lowest BCUT2D eigenvalue weighted by molar-refractivity contribution is -0.116. The molecule has 0 aliphatic rings. The maximum atomic E-state index is 12.1. The van der Waals surface area contributed by atoms with E-state index in [0.29, 0.717) is 24.2 Å². The molecule has 2 amide bonds. The standard InChI is InChI=1S/C17H22N4O3/c1-17(2,3)24-16(23)21-14-7-5-4-6-13(14)20-15(22)9-8-12-10-18-19-11-12/h4-7,10-11H,8-9H2,1-3H3,(H,18,19)(H,20,22)(H,21,23). The zero-order valence-corrected chi connectivity index (χ0v) is 14.1. The third-order valence-electron chi connectivity index (χ3n) is 3.03. The Morgan fingerprint density at radius 1 is 1.17 bits per heavy atom. The first-order chi connectivity index (χ1) is 11.3. The van der Waals surface area contributed by atoms with E-state index in [1.165, 1.54) is 0 Å². The molecule has 7 heteroatoms. The molecule has 0 aliphatic heterocycles. The average molecular weight is 330 g/mol. The van der Waals surface area contributed by atoms with Crippen LogP contribution in [0.25, 0.3) is 0 Å². The topological polar surface area (TPSA) is 96.1 Å². The zero-order valence-electron chi connectivity index (χ0n) is 14.1. The van der Waals surface area contributed by atoms with Gasteiger partial charge in [0, 0.05) is 12.6 Å². The molecule has 1 heterocycles. The van der Waals surface area contributed by atoms with Gasteiger partial charge in [0.25, 0.3) is 0 Å². The molecular weight excluding hydrogens is 308 g/mol. The molecule has 0 unspecified atom stereocenters. The van der Waals surface area contributed by atoms with Crippen LogP contribution in [0.2, 0.25) is 0 Å². The van der Waals surface area contributed by atoms with Crippen molar-refractivity contribution in [2.24, 2.45) is 0 Å². The van der Waals surface area contributed by atoms with Crippen LogP contribution in [0.1, 0.15) is 32.8 Å². The summed E-state index contributed by atoms with van der Waals surface area (Å²) in [6, 6.07) is 6.98. The second-order valence-electron chi connectivity index (χ2n) is 6.33. The summed E-state index contributed by atoms with van der Waals surface area (Å²) >= 11 is 0. The molecule has 1 aromatic heterocycles. The number of hydrogen-bond donors (Lipinski definition) is 3. The van der Waals surface area contributed by atoms with Gasteiger partial charge < -0.3 is 10.1 Å². The monoisotopic (exact) mass is 330 g/mol. The van der Waals surface area contributed by atoms with Crippen LogP contribution in [-0.2, 0) is 16.0 Å². The van der Waals surface area contributed by atoms with Gasteiger partial charge in [0.15, 0.2) is 0 Å². The van der Waals surface area contributed by atoms with E-state index in [1.54, 1.807) is 57.4 Å². The number of amides is 2. The fourth-order valence-electron chi connectivity index (χ4n) is 2.00. The number of para-hydroxylation sites is 2. The summed E-state index contributed by atoms with van der Waals surface area (Å²) in [6.45, 7) is 5.36. The lowest BCUT2D eigenvalue weighted by atomic mass is 10.2. The van der Waals surface area contributed by atoms with Crippen molar-refractivity contribution >= 4 is 23.4 Å². The van der Waals surface area contributed by atoms with Gasteiger partial charge in [0.1, 0.15) is 5.60 Å². The first-order valence-electron chi connectivity index (χ1n) is 7.70. The van der Waals surface area contributed by atoms with E-state index < -0.39 is 11.7 Å². The average Bonchev–Trinajstić information content (AvgIpc) is 2.98. The van der Waals surface area contributed by atoms with Gasteiger partial charge in [-0.25, -0.2) is 4.79 Å². The van der Waals surface area contributed by atoms with E-state index in [1.807, 2.05) is 0 Å². The van der Waals surface area contributed by atoms with Gasteiger partial charge in [-0.1, -0.05) is 12.1 Å². The van der Waals surface area contributed by atoms with Gasteiger partial charge in [0.05, 0.1) is 17.6 Å². The van der Waals surface area contributed by atoms with Gasteiger partial charge in [-0.3, -0.25) is 15.2 Å². The highest BCUT2D eigenvalue weighted by Gasteiger charge is 2.17. The summed E-state index contributed by atoms with van der Waals surface area (Å²) in [7, 11) is 0. The fourth-order valence-corrected chi connectivity index (χ4v) is 2.00. The van der Waals surface area contributed by atoms with Crippen LogP contribution in [-0.4, -0.2) is 27.8 Å². The van der Waals surface area contributed by atoms with Crippen molar-refractivity contribution in [3.8, 4) is 0 Å². The molecule has 1 aromatic carbocycles.